The number of ether oxygens (including phenoxy) is 2. The first-order valence-electron chi connectivity index (χ1n) is 26.5. The average Bonchev–Trinajstić information content (AvgIpc) is 4.23. The molecule has 2 aromatic carbocycles. The largest absolute Gasteiger partial charge is 1.00 e. The molecule has 10 rings (SSSR count). The summed E-state index contributed by atoms with van der Waals surface area (Å²) < 4.78 is 69.6. The van der Waals surface area contributed by atoms with Gasteiger partial charge in [-0.3, -0.25) is 14.4 Å². The van der Waals surface area contributed by atoms with E-state index < -0.39 is 31.9 Å². The second-order valence-corrected chi connectivity index (χ2v) is 26.8. The number of sulfonamides is 2. The third-order valence-electron chi connectivity index (χ3n) is 14.3. The van der Waals surface area contributed by atoms with Crippen molar-refractivity contribution in [3.63, 3.8) is 0 Å². The normalized spacial score (nSPS) is 17.3. The summed E-state index contributed by atoms with van der Waals surface area (Å²) in [6, 6.07) is 23.9. The first kappa shape index (κ1) is 80.4. The zero-order valence-electron chi connectivity index (χ0n) is 51.7. The van der Waals surface area contributed by atoms with Crippen LogP contribution in [0.4, 0.5) is 5.82 Å². The number of anilines is 1. The fourth-order valence-corrected chi connectivity index (χ4v) is 11.4. The van der Waals surface area contributed by atoms with E-state index in [1.54, 1.807) is 41.3 Å². The maximum Gasteiger partial charge on any atom is 1.00 e. The van der Waals surface area contributed by atoms with Gasteiger partial charge in [0.2, 0.25) is 11.8 Å². The van der Waals surface area contributed by atoms with Gasteiger partial charge in [0.25, 0.3) is 38.3 Å². The molecule has 3 N–H and O–H groups in total. The Morgan fingerprint density at radius 3 is 1.47 bits per heavy atom. The van der Waals surface area contributed by atoms with Gasteiger partial charge in [0.05, 0.1) is 57.4 Å². The predicted molar refractivity (Wildman–Crippen MR) is 332 cm³/mol. The Bertz CT molecular complexity index is 3660. The summed E-state index contributed by atoms with van der Waals surface area (Å²) in [5.74, 6) is 1.68. The van der Waals surface area contributed by atoms with E-state index >= 15 is 0 Å². The number of amides is 2. The summed E-state index contributed by atoms with van der Waals surface area (Å²) in [6.45, 7) is 20.3. The number of nitrogens with zero attached hydrogens (tertiary/aromatic N) is 9. The van der Waals surface area contributed by atoms with Crippen LogP contribution in [0, 0.1) is 45.3 Å². The molecular formula is C57H72Cl2K2N12O11S4. The smallest absolute Gasteiger partial charge is 1.00 e. The third-order valence-corrected chi connectivity index (χ3v) is 17.3. The summed E-state index contributed by atoms with van der Waals surface area (Å²) in [5, 5.41) is 38.3. The molecule has 23 nitrogen and oxygen atoms in total. The van der Waals surface area contributed by atoms with Crippen molar-refractivity contribution in [1.29, 1.82) is 10.5 Å². The molecule has 0 spiro atoms. The van der Waals surface area contributed by atoms with E-state index in [-0.39, 0.29) is 193 Å². The summed E-state index contributed by atoms with van der Waals surface area (Å²) in [7, 11) is -8.33. The van der Waals surface area contributed by atoms with Gasteiger partial charge < -0.3 is 31.3 Å². The molecule has 88 heavy (non-hydrogen) atoms. The molecule has 6 aromatic rings. The van der Waals surface area contributed by atoms with Crippen molar-refractivity contribution in [1.82, 2.24) is 44.3 Å². The second-order valence-electron chi connectivity index (χ2n) is 23.1. The van der Waals surface area contributed by atoms with Crippen LogP contribution < -0.4 is 137 Å². The third kappa shape index (κ3) is 22.6. The van der Waals surface area contributed by atoms with Crippen molar-refractivity contribution in [3.05, 3.63) is 125 Å². The van der Waals surface area contributed by atoms with Gasteiger partial charge in [-0.25, -0.2) is 45.6 Å². The number of benzene rings is 2. The van der Waals surface area contributed by atoms with Gasteiger partial charge in [-0.2, -0.15) is 37.5 Å². The minimum absolute atomic E-state index is 0. The molecule has 2 aliphatic carbocycles. The maximum atomic E-state index is 13.4. The topological polar surface area (TPSA) is 319 Å². The Kier molecular flexibility index (Phi) is 31.3. The average molecular weight is 1380 g/mol. The van der Waals surface area contributed by atoms with Gasteiger partial charge in [-0.15, -0.1) is 22.6 Å². The van der Waals surface area contributed by atoms with Crippen LogP contribution in [0.25, 0.3) is 11.6 Å². The van der Waals surface area contributed by atoms with Crippen LogP contribution in [0.5, 0.6) is 11.8 Å². The molecule has 4 aromatic heterocycles. The van der Waals surface area contributed by atoms with E-state index in [9.17, 15) is 26.4 Å². The van der Waals surface area contributed by atoms with Gasteiger partial charge in [0, 0.05) is 53.0 Å². The monoisotopic (exact) mass is 1380 g/mol. The molecular weight excluding hydrogens is 1310 g/mol. The van der Waals surface area contributed by atoms with Crippen LogP contribution in [-0.4, -0.2) is 102 Å². The molecule has 2 saturated carbocycles. The Balaban J connectivity index is 0.000000716. The minimum atomic E-state index is -4.17. The van der Waals surface area contributed by atoms with Gasteiger partial charge >= 0.3 is 103 Å². The standard InChI is InChI=1S/C28H32N6O4S.C21H18ClN5O4S.C7H15N.CH2O3.ClH.2K.2H2S.H/c1-19-15-27(2,3)33(17-19)25-22(26(35)32-39(36,37)21-7-5-20(16-29)6-8-21)9-10-23(30-25)34-14-11-24(31-34)38-18-28(4)12-13-28;1-21(9-10-21)13-31-18-8-11-27(25-18)17-7-6-16(19(22)24-17)20(28)26-32(29,30)15-4-2-14(12-23)3-5-15;1-6-4-7(2,3)8-5-6;2-1-4-3;;;;;;/h5-11,14,19H,12-13,15,17-18H2,1-4H3,(H,32,35);2-8,11H,9-10,13H2,1H3,(H,26,28);6,8H,4-5H2,1-3H3;1,3H;1H;;;2*1H2;/q;;;;;2*+1;;;-1/p-1/t19-;;6-;;;;;;;/m0.0......./s1. The maximum absolute atomic E-state index is 13.4. The fraction of sp³-hybridized carbons (Fsp3) is 0.421. The van der Waals surface area contributed by atoms with Crippen molar-refractivity contribution in [2.45, 2.75) is 115 Å². The fourth-order valence-electron chi connectivity index (χ4n) is 9.22. The van der Waals surface area contributed by atoms with Gasteiger partial charge in [-0.1, -0.05) is 39.3 Å². The van der Waals surface area contributed by atoms with Crippen LogP contribution in [-0.2, 0) is 29.7 Å². The zero-order chi connectivity index (χ0) is 60.5. The van der Waals surface area contributed by atoms with Crippen molar-refractivity contribution < 1.29 is 155 Å². The number of hydrogen-bond donors (Lipinski definition) is 3. The minimum Gasteiger partial charge on any atom is -1.00 e. The van der Waals surface area contributed by atoms with E-state index in [0.717, 1.165) is 38.0 Å². The molecule has 2 amide bonds. The Morgan fingerprint density at radius 2 is 1.12 bits per heavy atom. The van der Waals surface area contributed by atoms with Gasteiger partial charge in [0.15, 0.2) is 11.6 Å². The number of rotatable bonds is 16. The van der Waals surface area contributed by atoms with Crippen molar-refractivity contribution in [3.8, 4) is 35.5 Å². The molecule has 2 atom stereocenters. The number of pyridine rings is 2. The van der Waals surface area contributed by atoms with Crippen LogP contribution in [0.2, 0.25) is 5.15 Å². The first-order valence-corrected chi connectivity index (χ1v) is 29.9. The van der Waals surface area contributed by atoms with Crippen LogP contribution in [0.1, 0.15) is 127 Å². The summed E-state index contributed by atoms with van der Waals surface area (Å²) >= 11 is 6.15. The molecule has 6 heterocycles. The summed E-state index contributed by atoms with van der Waals surface area (Å²) in [5.41, 5.74) is 1.21. The Morgan fingerprint density at radius 1 is 0.705 bits per heavy atom. The van der Waals surface area contributed by atoms with Crippen LogP contribution in [0.15, 0.2) is 107 Å². The first-order chi connectivity index (χ1) is 39.1. The quantitative estimate of drug-likeness (QED) is 0.0409. The Labute approximate surface area is 625 Å². The predicted octanol–water partition coefficient (Wildman–Crippen LogP) is 1.75. The van der Waals surface area contributed by atoms with E-state index in [2.05, 4.69) is 90.4 Å². The van der Waals surface area contributed by atoms with E-state index in [4.69, 9.17) is 46.6 Å². The molecule has 31 heteroatoms. The summed E-state index contributed by atoms with van der Waals surface area (Å²) in [4.78, 5) is 47.9. The van der Waals surface area contributed by atoms with Crippen LogP contribution >= 0.6 is 51.0 Å². The van der Waals surface area contributed by atoms with Crippen molar-refractivity contribution >= 4 is 95.2 Å². The van der Waals surface area contributed by atoms with E-state index in [1.165, 1.54) is 78.3 Å². The number of aromatic nitrogens is 6. The van der Waals surface area contributed by atoms with E-state index in [0.29, 0.717) is 71.6 Å². The number of nitrogens with one attached hydrogen (secondary N) is 3. The summed E-state index contributed by atoms with van der Waals surface area (Å²) in [6.07, 6.45) is 10.2. The van der Waals surface area contributed by atoms with E-state index in [1.807, 2.05) is 16.9 Å². The van der Waals surface area contributed by atoms with Gasteiger partial charge in [0.1, 0.15) is 11.0 Å². The number of halogens is 2. The Hall–Kier alpha value is -3.68. The number of carbonyl (C=O) groups excluding carboxylic acids is 3. The van der Waals surface area contributed by atoms with Gasteiger partial charge in [-0.05, 0) is 157 Å². The molecule has 2 aliphatic heterocycles. The molecule has 4 fully saturated rings. The number of hydrogen-bond acceptors (Lipinski definition) is 19. The number of nitriles is 2. The molecule has 0 unspecified atom stereocenters. The molecule has 2 saturated heterocycles. The molecule has 0 bridgehead atoms. The van der Waals surface area contributed by atoms with Crippen LogP contribution in [0.3, 0.4) is 0 Å². The van der Waals surface area contributed by atoms with Crippen molar-refractivity contribution in [2.75, 3.05) is 31.2 Å². The molecule has 466 valence electrons. The van der Waals surface area contributed by atoms with Crippen molar-refractivity contribution in [2.24, 2.45) is 22.7 Å². The number of carbonyl (C=O) groups is 3. The SMILES string of the molecule is CC1(COc2ccn(-c3ccc(C(=O)NS(=O)(=O)c4ccc(C#N)cc4)c(Cl)n3)n2)CC1.C[C@@H]1CN(c2nc(-n3ccc(OCC4(C)CC4)n3)ccc2C(=O)NS(=O)(=O)c2ccc(C#N)cc2)C(C)(C)C1.C[C@@H]1CNC(C)(C)C1.Cl.O=CO[O-].S.S.[H-].[K+].[K+]. The molecule has 4 aliphatic rings. The second kappa shape index (κ2) is 34.3. The zero-order valence-corrected chi connectivity index (χ0v) is 62.1. The molecule has 0 radical (unpaired) electrons.